The molecule has 6 heteroatoms. The maximum absolute atomic E-state index is 13.0. The van der Waals surface area contributed by atoms with Crippen molar-refractivity contribution in [2.24, 2.45) is 0 Å². The third-order valence-electron chi connectivity index (χ3n) is 3.32. The van der Waals surface area contributed by atoms with Crippen LogP contribution in [0.15, 0.2) is 54.6 Å². The van der Waals surface area contributed by atoms with Gasteiger partial charge in [0, 0.05) is 17.4 Å². The lowest BCUT2D eigenvalue weighted by Crippen LogP contribution is -2.01. The molecular weight excluding hydrogens is 307 g/mol. The minimum atomic E-state index is -0.277. The Hall–Kier alpha value is -3.15. The highest BCUT2D eigenvalue weighted by Crippen LogP contribution is 2.22. The number of halogens is 1. The molecule has 2 aromatic carbocycles. The van der Waals surface area contributed by atoms with Crippen LogP contribution in [0.5, 0.6) is 5.75 Å². The molecule has 0 aliphatic rings. The van der Waals surface area contributed by atoms with Crippen molar-refractivity contribution in [1.82, 2.24) is 9.97 Å². The zero-order valence-corrected chi connectivity index (χ0v) is 13.4. The van der Waals surface area contributed by atoms with E-state index in [0.717, 1.165) is 17.1 Å². The molecule has 3 rings (SSSR count). The maximum Gasteiger partial charge on any atom is 0.136 e. The summed E-state index contributed by atoms with van der Waals surface area (Å²) in [6.45, 7) is 1.81. The van der Waals surface area contributed by atoms with Crippen molar-refractivity contribution >= 4 is 23.0 Å². The first-order valence-corrected chi connectivity index (χ1v) is 7.42. The Kier molecular flexibility index (Phi) is 4.56. The molecule has 0 saturated heterocycles. The van der Waals surface area contributed by atoms with Crippen LogP contribution in [0.3, 0.4) is 0 Å². The standard InChI is InChI=1S/C18H17FN4O/c1-12-20-17(22-14-5-3-13(19)4-6-14)11-18(21-12)23-15-7-9-16(24-2)10-8-15/h3-11H,1-2H3,(H2,20,21,22,23). The number of rotatable bonds is 5. The minimum Gasteiger partial charge on any atom is -0.497 e. The average Bonchev–Trinajstić information content (AvgIpc) is 2.57. The fourth-order valence-electron chi connectivity index (χ4n) is 2.20. The molecule has 0 amide bonds. The number of benzene rings is 2. The Morgan fingerprint density at radius 3 is 1.83 bits per heavy atom. The van der Waals surface area contributed by atoms with Gasteiger partial charge in [0.2, 0.25) is 0 Å². The molecule has 24 heavy (non-hydrogen) atoms. The molecule has 0 aliphatic carbocycles. The highest BCUT2D eigenvalue weighted by Gasteiger charge is 2.04. The molecule has 0 radical (unpaired) electrons. The quantitative estimate of drug-likeness (QED) is 0.727. The van der Waals surface area contributed by atoms with Gasteiger partial charge in [0.1, 0.15) is 29.0 Å². The summed E-state index contributed by atoms with van der Waals surface area (Å²) in [5.41, 5.74) is 1.64. The van der Waals surface area contributed by atoms with Gasteiger partial charge in [-0.25, -0.2) is 14.4 Å². The number of aromatic nitrogens is 2. The van der Waals surface area contributed by atoms with Crippen LogP contribution in [0.25, 0.3) is 0 Å². The van der Waals surface area contributed by atoms with Crippen molar-refractivity contribution in [3.63, 3.8) is 0 Å². The summed E-state index contributed by atoms with van der Waals surface area (Å²) in [4.78, 5) is 8.72. The maximum atomic E-state index is 13.0. The fourth-order valence-corrected chi connectivity index (χ4v) is 2.20. The predicted octanol–water partition coefficient (Wildman–Crippen LogP) is 4.42. The van der Waals surface area contributed by atoms with Gasteiger partial charge in [0.15, 0.2) is 0 Å². The van der Waals surface area contributed by atoms with Gasteiger partial charge in [-0.3, -0.25) is 0 Å². The first-order valence-electron chi connectivity index (χ1n) is 7.42. The summed E-state index contributed by atoms with van der Waals surface area (Å²) < 4.78 is 18.1. The molecule has 5 nitrogen and oxygen atoms in total. The summed E-state index contributed by atoms with van der Waals surface area (Å²) in [6.07, 6.45) is 0. The van der Waals surface area contributed by atoms with E-state index in [1.807, 2.05) is 31.2 Å². The first kappa shape index (κ1) is 15.7. The molecule has 0 bridgehead atoms. The SMILES string of the molecule is COc1ccc(Nc2cc(Nc3ccc(F)cc3)nc(C)n2)cc1. The lowest BCUT2D eigenvalue weighted by molar-refractivity contribution is 0.415. The van der Waals surface area contributed by atoms with Crippen molar-refractivity contribution in [3.8, 4) is 5.75 Å². The molecule has 2 N–H and O–H groups in total. The van der Waals surface area contributed by atoms with E-state index in [2.05, 4.69) is 20.6 Å². The molecular formula is C18H17FN4O. The summed E-state index contributed by atoms with van der Waals surface area (Å²) in [7, 11) is 1.63. The van der Waals surface area contributed by atoms with Gasteiger partial charge in [-0.05, 0) is 55.5 Å². The number of nitrogens with one attached hydrogen (secondary N) is 2. The Morgan fingerprint density at radius 1 is 0.833 bits per heavy atom. The van der Waals surface area contributed by atoms with Crippen LogP contribution < -0.4 is 15.4 Å². The monoisotopic (exact) mass is 324 g/mol. The zero-order valence-electron chi connectivity index (χ0n) is 13.4. The van der Waals surface area contributed by atoms with Gasteiger partial charge in [-0.15, -0.1) is 0 Å². The third-order valence-corrected chi connectivity index (χ3v) is 3.32. The normalized spacial score (nSPS) is 10.3. The summed E-state index contributed by atoms with van der Waals surface area (Å²) in [5, 5.41) is 6.36. The lowest BCUT2D eigenvalue weighted by atomic mass is 10.3. The van der Waals surface area contributed by atoms with Crippen molar-refractivity contribution in [1.29, 1.82) is 0 Å². The number of aryl methyl sites for hydroxylation is 1. The molecule has 0 atom stereocenters. The van der Waals surface area contributed by atoms with Crippen LogP contribution >= 0.6 is 0 Å². The van der Waals surface area contributed by atoms with E-state index in [1.54, 1.807) is 25.3 Å². The summed E-state index contributed by atoms with van der Waals surface area (Å²) in [5.74, 6) is 2.43. The molecule has 1 heterocycles. The number of hydrogen-bond acceptors (Lipinski definition) is 5. The second-order valence-corrected chi connectivity index (χ2v) is 5.17. The van der Waals surface area contributed by atoms with E-state index in [-0.39, 0.29) is 5.82 Å². The highest BCUT2D eigenvalue weighted by atomic mass is 19.1. The van der Waals surface area contributed by atoms with Crippen LogP contribution in [-0.2, 0) is 0 Å². The van der Waals surface area contributed by atoms with Crippen LogP contribution in [0.4, 0.5) is 27.4 Å². The van der Waals surface area contributed by atoms with Crippen LogP contribution in [-0.4, -0.2) is 17.1 Å². The molecule has 0 fully saturated rings. The molecule has 3 aromatic rings. The van der Waals surface area contributed by atoms with Crippen LogP contribution in [0, 0.1) is 12.7 Å². The van der Waals surface area contributed by atoms with Crippen LogP contribution in [0.1, 0.15) is 5.82 Å². The smallest absolute Gasteiger partial charge is 0.136 e. The Balaban J connectivity index is 1.78. The van der Waals surface area contributed by atoms with E-state index in [9.17, 15) is 4.39 Å². The van der Waals surface area contributed by atoms with E-state index in [4.69, 9.17) is 4.74 Å². The Bertz CT molecular complexity index is 819. The van der Waals surface area contributed by atoms with E-state index in [1.165, 1.54) is 12.1 Å². The van der Waals surface area contributed by atoms with E-state index in [0.29, 0.717) is 17.5 Å². The fraction of sp³-hybridized carbons (Fsp3) is 0.111. The topological polar surface area (TPSA) is 59.1 Å². The van der Waals surface area contributed by atoms with Gasteiger partial charge in [-0.1, -0.05) is 0 Å². The van der Waals surface area contributed by atoms with Gasteiger partial charge in [0.25, 0.3) is 0 Å². The summed E-state index contributed by atoms with van der Waals surface area (Å²) >= 11 is 0. The first-order chi connectivity index (χ1) is 11.6. The molecule has 1 aromatic heterocycles. The number of hydrogen-bond donors (Lipinski definition) is 2. The van der Waals surface area contributed by atoms with E-state index < -0.39 is 0 Å². The molecule has 0 aliphatic heterocycles. The van der Waals surface area contributed by atoms with Crippen molar-refractivity contribution in [2.75, 3.05) is 17.7 Å². The zero-order chi connectivity index (χ0) is 16.9. The predicted molar refractivity (Wildman–Crippen MR) is 92.7 cm³/mol. The Labute approximate surface area is 139 Å². The lowest BCUT2D eigenvalue weighted by Gasteiger charge is -2.10. The number of ether oxygens (including phenoxy) is 1. The number of anilines is 4. The van der Waals surface area contributed by atoms with E-state index >= 15 is 0 Å². The molecule has 0 unspecified atom stereocenters. The third kappa shape index (κ3) is 3.98. The summed E-state index contributed by atoms with van der Waals surface area (Å²) in [6, 6.07) is 15.4. The largest absolute Gasteiger partial charge is 0.497 e. The second kappa shape index (κ2) is 6.95. The molecule has 0 saturated carbocycles. The van der Waals surface area contributed by atoms with Crippen LogP contribution in [0.2, 0.25) is 0 Å². The average molecular weight is 324 g/mol. The second-order valence-electron chi connectivity index (χ2n) is 5.17. The minimum absolute atomic E-state index is 0.277. The number of methoxy groups -OCH3 is 1. The molecule has 122 valence electrons. The van der Waals surface area contributed by atoms with Gasteiger partial charge >= 0.3 is 0 Å². The molecule has 0 spiro atoms. The highest BCUT2D eigenvalue weighted by molar-refractivity contribution is 5.63. The number of nitrogens with zero attached hydrogens (tertiary/aromatic N) is 2. The van der Waals surface area contributed by atoms with Gasteiger partial charge in [-0.2, -0.15) is 0 Å². The van der Waals surface area contributed by atoms with Crippen molar-refractivity contribution in [3.05, 3.63) is 66.2 Å². The van der Waals surface area contributed by atoms with Gasteiger partial charge in [0.05, 0.1) is 7.11 Å². The van der Waals surface area contributed by atoms with Gasteiger partial charge < -0.3 is 15.4 Å². The Morgan fingerprint density at radius 2 is 1.33 bits per heavy atom. The van der Waals surface area contributed by atoms with Crippen molar-refractivity contribution < 1.29 is 9.13 Å². The van der Waals surface area contributed by atoms with Crippen molar-refractivity contribution in [2.45, 2.75) is 6.92 Å².